The summed E-state index contributed by atoms with van der Waals surface area (Å²) in [6.07, 6.45) is 4.50. The molecule has 0 bridgehead atoms. The Kier molecular flexibility index (Phi) is 6.96. The Morgan fingerprint density at radius 1 is 1.35 bits per heavy atom. The average molecular weight is 299 g/mol. The van der Waals surface area contributed by atoms with Crippen molar-refractivity contribution >= 4 is 11.3 Å². The third kappa shape index (κ3) is 5.50. The maximum Gasteiger partial charge on any atom is 0.0897 e. The number of aliphatic hydroxyl groups is 2. The van der Waals surface area contributed by atoms with Gasteiger partial charge in [0.1, 0.15) is 0 Å². The van der Waals surface area contributed by atoms with Crippen LogP contribution >= 0.6 is 11.3 Å². The minimum Gasteiger partial charge on any atom is -0.392 e. The standard InChI is InChI=1S/C15H25NO3S/c17-12(10-19-11-13-5-4-8-20-13)9-16-14-6-2-1-3-7-15(14)18/h4-5,8,12,14-18H,1-3,6-7,9-11H2. The van der Waals surface area contributed by atoms with Crippen molar-refractivity contribution in [3.05, 3.63) is 22.4 Å². The molecule has 1 aliphatic rings. The van der Waals surface area contributed by atoms with Crippen LogP contribution in [0.3, 0.4) is 0 Å². The molecule has 0 aromatic carbocycles. The summed E-state index contributed by atoms with van der Waals surface area (Å²) in [6, 6.07) is 4.14. The average Bonchev–Trinajstić information content (AvgIpc) is 2.86. The molecule has 0 radical (unpaired) electrons. The lowest BCUT2D eigenvalue weighted by Crippen LogP contribution is -2.43. The van der Waals surface area contributed by atoms with Crippen LogP contribution in [-0.2, 0) is 11.3 Å². The van der Waals surface area contributed by atoms with Crippen LogP contribution in [-0.4, -0.2) is 41.6 Å². The van der Waals surface area contributed by atoms with E-state index in [-0.39, 0.29) is 12.1 Å². The van der Waals surface area contributed by atoms with Crippen LogP contribution in [0, 0.1) is 0 Å². The highest BCUT2D eigenvalue weighted by molar-refractivity contribution is 7.09. The summed E-state index contributed by atoms with van der Waals surface area (Å²) in [5, 5.41) is 25.2. The van der Waals surface area contributed by atoms with E-state index in [1.807, 2.05) is 17.5 Å². The Hall–Kier alpha value is -0.460. The van der Waals surface area contributed by atoms with E-state index < -0.39 is 6.10 Å². The molecule has 1 aliphatic carbocycles. The summed E-state index contributed by atoms with van der Waals surface area (Å²) in [5.74, 6) is 0. The molecule has 20 heavy (non-hydrogen) atoms. The number of ether oxygens (including phenoxy) is 1. The van der Waals surface area contributed by atoms with Crippen LogP contribution in [0.15, 0.2) is 17.5 Å². The number of hydrogen-bond acceptors (Lipinski definition) is 5. The van der Waals surface area contributed by atoms with Gasteiger partial charge in [-0.1, -0.05) is 25.3 Å². The highest BCUT2D eigenvalue weighted by atomic mass is 32.1. The summed E-state index contributed by atoms with van der Waals surface area (Å²) in [5.41, 5.74) is 0. The molecule has 2 rings (SSSR count). The molecule has 0 saturated heterocycles. The lowest BCUT2D eigenvalue weighted by atomic mass is 10.1. The zero-order valence-corrected chi connectivity index (χ0v) is 12.6. The number of thiophene rings is 1. The van der Waals surface area contributed by atoms with E-state index in [0.717, 1.165) is 25.7 Å². The maximum absolute atomic E-state index is 9.99. The molecule has 0 amide bonds. The molecule has 0 spiro atoms. The van der Waals surface area contributed by atoms with Gasteiger partial charge in [-0.05, 0) is 24.3 Å². The zero-order valence-electron chi connectivity index (χ0n) is 11.8. The molecule has 1 aromatic heterocycles. The summed E-state index contributed by atoms with van der Waals surface area (Å²) in [4.78, 5) is 1.17. The van der Waals surface area contributed by atoms with E-state index in [2.05, 4.69) is 5.32 Å². The van der Waals surface area contributed by atoms with Gasteiger partial charge in [0.05, 0.1) is 25.4 Å². The van der Waals surface area contributed by atoms with Gasteiger partial charge < -0.3 is 20.3 Å². The minimum atomic E-state index is -0.523. The molecular weight excluding hydrogens is 274 g/mol. The first-order chi connectivity index (χ1) is 9.75. The Morgan fingerprint density at radius 3 is 3.00 bits per heavy atom. The molecule has 5 heteroatoms. The summed E-state index contributed by atoms with van der Waals surface area (Å²) < 4.78 is 5.49. The Morgan fingerprint density at radius 2 is 2.20 bits per heavy atom. The normalized spacial score (nSPS) is 25.3. The van der Waals surface area contributed by atoms with Crippen molar-refractivity contribution in [1.82, 2.24) is 5.32 Å². The highest BCUT2D eigenvalue weighted by Crippen LogP contribution is 2.18. The quantitative estimate of drug-likeness (QED) is 0.673. The van der Waals surface area contributed by atoms with E-state index in [0.29, 0.717) is 19.8 Å². The Balaban J connectivity index is 1.60. The van der Waals surface area contributed by atoms with Gasteiger partial charge in [0, 0.05) is 17.5 Å². The summed E-state index contributed by atoms with van der Waals surface area (Å²) in [7, 11) is 0. The third-order valence-electron chi connectivity index (χ3n) is 3.73. The van der Waals surface area contributed by atoms with Crippen LogP contribution in [0.2, 0.25) is 0 Å². The molecule has 1 fully saturated rings. The molecule has 1 saturated carbocycles. The monoisotopic (exact) mass is 299 g/mol. The van der Waals surface area contributed by atoms with Crippen molar-refractivity contribution in [2.45, 2.75) is 57.0 Å². The molecule has 114 valence electrons. The van der Waals surface area contributed by atoms with E-state index in [1.54, 1.807) is 11.3 Å². The van der Waals surface area contributed by atoms with Crippen molar-refractivity contribution < 1.29 is 14.9 Å². The fourth-order valence-corrected chi connectivity index (χ4v) is 3.20. The molecular formula is C15H25NO3S. The molecule has 3 unspecified atom stereocenters. The first-order valence-electron chi connectivity index (χ1n) is 7.45. The smallest absolute Gasteiger partial charge is 0.0897 e. The number of aliphatic hydroxyl groups excluding tert-OH is 2. The van der Waals surface area contributed by atoms with Crippen LogP contribution in [0.25, 0.3) is 0 Å². The molecule has 3 N–H and O–H groups in total. The fraction of sp³-hybridized carbons (Fsp3) is 0.733. The predicted octanol–water partition coefficient (Wildman–Crippen LogP) is 1.91. The first-order valence-corrected chi connectivity index (χ1v) is 8.33. The van der Waals surface area contributed by atoms with Crippen molar-refractivity contribution in [2.75, 3.05) is 13.2 Å². The van der Waals surface area contributed by atoms with E-state index in [1.165, 1.54) is 11.3 Å². The minimum absolute atomic E-state index is 0.115. The van der Waals surface area contributed by atoms with Gasteiger partial charge in [-0.3, -0.25) is 0 Å². The largest absolute Gasteiger partial charge is 0.392 e. The predicted molar refractivity (Wildman–Crippen MR) is 80.9 cm³/mol. The van der Waals surface area contributed by atoms with Gasteiger partial charge in [-0.25, -0.2) is 0 Å². The lowest BCUT2D eigenvalue weighted by Gasteiger charge is -2.23. The number of hydrogen-bond donors (Lipinski definition) is 3. The molecule has 3 atom stereocenters. The van der Waals surface area contributed by atoms with Crippen molar-refractivity contribution in [3.63, 3.8) is 0 Å². The Bertz CT molecular complexity index is 358. The van der Waals surface area contributed by atoms with Gasteiger partial charge in [0.15, 0.2) is 0 Å². The second-order valence-corrected chi connectivity index (χ2v) is 6.50. The first kappa shape index (κ1) is 15.9. The summed E-state index contributed by atoms with van der Waals surface area (Å²) in [6.45, 7) is 1.36. The van der Waals surface area contributed by atoms with Crippen molar-refractivity contribution in [3.8, 4) is 0 Å². The van der Waals surface area contributed by atoms with Gasteiger partial charge in [-0.2, -0.15) is 0 Å². The number of nitrogens with one attached hydrogen (secondary N) is 1. The molecule has 1 aromatic rings. The van der Waals surface area contributed by atoms with Crippen molar-refractivity contribution in [2.24, 2.45) is 0 Å². The van der Waals surface area contributed by atoms with E-state index in [9.17, 15) is 10.2 Å². The van der Waals surface area contributed by atoms with Crippen LogP contribution in [0.4, 0.5) is 0 Å². The van der Waals surface area contributed by atoms with E-state index in [4.69, 9.17) is 4.74 Å². The van der Waals surface area contributed by atoms with Gasteiger partial charge in [0.2, 0.25) is 0 Å². The SMILES string of the molecule is OC(CNC1CCCCCC1O)COCc1cccs1. The lowest BCUT2D eigenvalue weighted by molar-refractivity contribution is 0.0243. The molecule has 4 nitrogen and oxygen atoms in total. The number of rotatable bonds is 7. The van der Waals surface area contributed by atoms with Crippen molar-refractivity contribution in [1.29, 1.82) is 0 Å². The summed E-state index contributed by atoms with van der Waals surface area (Å²) >= 11 is 1.66. The van der Waals surface area contributed by atoms with Gasteiger partial charge in [0.25, 0.3) is 0 Å². The second-order valence-electron chi connectivity index (χ2n) is 5.47. The van der Waals surface area contributed by atoms with Gasteiger partial charge >= 0.3 is 0 Å². The highest BCUT2D eigenvalue weighted by Gasteiger charge is 2.21. The second kappa shape index (κ2) is 8.74. The van der Waals surface area contributed by atoms with Crippen LogP contribution < -0.4 is 5.32 Å². The Labute approximate surface area is 124 Å². The molecule has 0 aliphatic heterocycles. The molecule has 1 heterocycles. The van der Waals surface area contributed by atoms with Crippen LogP contribution in [0.5, 0.6) is 0 Å². The fourth-order valence-electron chi connectivity index (χ4n) is 2.56. The zero-order chi connectivity index (χ0) is 14.2. The van der Waals surface area contributed by atoms with Crippen LogP contribution in [0.1, 0.15) is 37.0 Å². The third-order valence-corrected chi connectivity index (χ3v) is 4.58. The van der Waals surface area contributed by atoms with Gasteiger partial charge in [-0.15, -0.1) is 11.3 Å². The topological polar surface area (TPSA) is 61.7 Å². The maximum atomic E-state index is 9.99. The van der Waals surface area contributed by atoms with E-state index >= 15 is 0 Å².